The summed E-state index contributed by atoms with van der Waals surface area (Å²) in [5.41, 5.74) is 24.5. The van der Waals surface area contributed by atoms with E-state index in [1.165, 1.54) is 126 Å². The molecule has 0 saturated heterocycles. The molecule has 2 unspecified atom stereocenters. The Labute approximate surface area is 444 Å². The predicted molar refractivity (Wildman–Crippen MR) is 316 cm³/mol. The molecule has 4 heteroatoms. The van der Waals surface area contributed by atoms with Crippen LogP contribution in [0.4, 0.5) is 0 Å². The summed E-state index contributed by atoms with van der Waals surface area (Å²) in [6.07, 6.45) is 12.5. The Morgan fingerprint density at radius 2 is 0.639 bits per heavy atom. The quantitative estimate of drug-likeness (QED) is 0.113. The van der Waals surface area contributed by atoms with Crippen molar-refractivity contribution in [2.24, 2.45) is 11.8 Å². The van der Waals surface area contributed by atoms with Crippen molar-refractivity contribution in [1.82, 2.24) is 0 Å². The van der Waals surface area contributed by atoms with E-state index >= 15 is 0 Å². The summed E-state index contributed by atoms with van der Waals surface area (Å²) < 4.78 is -0.0416. The molecule has 6 aromatic carbocycles. The standard InChI is InChI=1S/2C33H37.C2H7Si.2ClH.Zr/c2*1-32(2,3)26-13-9-24(10-14-26)28-17-18-29(25-11-15-27(16-12-25)33(4,5)6)31-21-23(20-30(28)31)19-22-7-8-22;1-3-2;;;/h2*9-18,20-22H,7-8,19H2,1-6H3;3H,1-2H3;2*1H;/q;;;;;+2/p-2. The minimum absolute atomic E-state index is 0.0208. The third-order valence-corrected chi connectivity index (χ3v) is 69.2. The Kier molecular flexibility index (Phi) is 13.2. The van der Waals surface area contributed by atoms with Gasteiger partial charge in [0.05, 0.1) is 0 Å². The van der Waals surface area contributed by atoms with Crippen LogP contribution < -0.4 is 0 Å². The van der Waals surface area contributed by atoms with E-state index in [1.54, 1.807) is 0 Å². The van der Waals surface area contributed by atoms with Crippen LogP contribution in [0.1, 0.15) is 173 Å². The molecule has 0 nitrogen and oxygen atoms in total. The number of rotatable bonds is 11. The van der Waals surface area contributed by atoms with Gasteiger partial charge in [0.2, 0.25) is 0 Å². The Morgan fingerprint density at radius 3 is 0.875 bits per heavy atom. The zero-order valence-electron chi connectivity index (χ0n) is 46.1. The van der Waals surface area contributed by atoms with Gasteiger partial charge in [-0.05, 0) is 0 Å². The molecule has 0 amide bonds. The summed E-state index contributed by atoms with van der Waals surface area (Å²) in [6, 6.07) is 47.7. The monoisotopic (exact) mass is 1090 g/mol. The average molecular weight is 1090 g/mol. The number of halogens is 2. The predicted octanol–water partition coefficient (Wildman–Crippen LogP) is 20.7. The molecule has 375 valence electrons. The minimum atomic E-state index is -5.42. The first-order valence-corrected chi connectivity index (χ1v) is 43.8. The van der Waals surface area contributed by atoms with Crippen molar-refractivity contribution in [3.05, 3.63) is 177 Å². The molecule has 0 aromatic heterocycles. The van der Waals surface area contributed by atoms with E-state index in [1.807, 2.05) is 0 Å². The summed E-state index contributed by atoms with van der Waals surface area (Å²) in [6.45, 7) is 32.9. The van der Waals surface area contributed by atoms with Crippen LogP contribution >= 0.6 is 17.0 Å². The molecular weight excluding hydrogens is 1010 g/mol. The first-order valence-electron chi connectivity index (χ1n) is 27.5. The van der Waals surface area contributed by atoms with Gasteiger partial charge in [-0.1, -0.05) is 0 Å². The number of fused-ring (bicyclic) bond motifs is 2. The van der Waals surface area contributed by atoms with E-state index in [2.05, 4.69) is 230 Å². The van der Waals surface area contributed by atoms with E-state index in [-0.39, 0.29) is 28.9 Å². The van der Waals surface area contributed by atoms with Crippen LogP contribution in [0.25, 0.3) is 56.7 Å². The summed E-state index contributed by atoms with van der Waals surface area (Å²) >= 11 is -5.42. The number of hydrogen-bond acceptors (Lipinski definition) is 0. The van der Waals surface area contributed by atoms with Gasteiger partial charge in [-0.15, -0.1) is 0 Å². The first kappa shape index (κ1) is 51.9. The zero-order valence-corrected chi connectivity index (χ0v) is 51.2. The Morgan fingerprint density at radius 1 is 0.389 bits per heavy atom. The van der Waals surface area contributed by atoms with Gasteiger partial charge in [0.25, 0.3) is 0 Å². The van der Waals surface area contributed by atoms with Crippen molar-refractivity contribution in [1.29, 1.82) is 0 Å². The molecule has 4 aliphatic rings. The maximum atomic E-state index is 9.58. The molecule has 2 fully saturated rings. The van der Waals surface area contributed by atoms with Gasteiger partial charge in [-0.2, -0.15) is 0 Å². The summed E-state index contributed by atoms with van der Waals surface area (Å²) in [4.78, 5) is 0. The molecule has 0 bridgehead atoms. The number of hydrogen-bond donors (Lipinski definition) is 0. The Balaban J connectivity index is 1.27. The van der Waals surface area contributed by atoms with E-state index < -0.39 is 21.5 Å². The van der Waals surface area contributed by atoms with Gasteiger partial charge < -0.3 is 0 Å². The molecule has 0 heterocycles. The third-order valence-electron chi connectivity index (χ3n) is 17.4. The third kappa shape index (κ3) is 9.58. The van der Waals surface area contributed by atoms with Crippen LogP contribution in [0.5, 0.6) is 0 Å². The molecule has 6 aromatic rings. The number of benzene rings is 6. The second-order valence-electron chi connectivity index (χ2n) is 27.3. The van der Waals surface area contributed by atoms with Crippen molar-refractivity contribution in [3.8, 4) is 44.5 Å². The van der Waals surface area contributed by atoms with E-state index in [0.717, 1.165) is 12.8 Å². The summed E-state index contributed by atoms with van der Waals surface area (Å²) in [5, 5.41) is 0. The van der Waals surface area contributed by atoms with Crippen LogP contribution in [0.15, 0.2) is 132 Å². The van der Waals surface area contributed by atoms with Gasteiger partial charge in [-0.3, -0.25) is 0 Å². The van der Waals surface area contributed by atoms with Crippen molar-refractivity contribution in [3.63, 3.8) is 0 Å². The molecule has 0 N–H and O–H groups in total. The van der Waals surface area contributed by atoms with Gasteiger partial charge >= 0.3 is 448 Å². The SMILES string of the molecule is C[SiH](C)[Zr]([Cl])([Cl])([CH]1C(CC2CC2)=Cc2c(-c3ccc(C(C)(C)C)cc3)ccc(-c3ccc(C(C)(C)C)cc3)c21)[CH]1C(CC2CC2)=Cc2c(-c3ccc(C(C)(C)C)cc3)ccc(-c3ccc(C(C)(C)C)cc3)c21. The van der Waals surface area contributed by atoms with E-state index in [4.69, 9.17) is 0 Å². The van der Waals surface area contributed by atoms with Crippen LogP contribution in [-0.4, -0.2) is 5.92 Å². The van der Waals surface area contributed by atoms with Crippen LogP contribution in [0.2, 0.25) is 13.1 Å². The second-order valence-corrected chi connectivity index (χ2v) is 69.8. The van der Waals surface area contributed by atoms with Crippen LogP contribution in [0.3, 0.4) is 0 Å². The van der Waals surface area contributed by atoms with E-state index in [0.29, 0.717) is 11.8 Å². The molecule has 2 atom stereocenters. The molecule has 0 aliphatic heterocycles. The van der Waals surface area contributed by atoms with E-state index in [9.17, 15) is 17.0 Å². The molecule has 10 rings (SSSR count). The second kappa shape index (κ2) is 18.4. The van der Waals surface area contributed by atoms with Crippen LogP contribution in [0, 0.1) is 11.8 Å². The topological polar surface area (TPSA) is 0 Å². The summed E-state index contributed by atoms with van der Waals surface area (Å²) in [5.74, 6) is -0.577. The average Bonchev–Trinajstić information content (AvgIpc) is 4.24. The fraction of sp³-hybridized carbons (Fsp3) is 0.412. The summed E-state index contributed by atoms with van der Waals surface area (Å²) in [7, 11) is 19.2. The Bertz CT molecular complexity index is 2890. The van der Waals surface area contributed by atoms with Crippen molar-refractivity contribution in [2.75, 3.05) is 0 Å². The van der Waals surface area contributed by atoms with Gasteiger partial charge in [-0.25, -0.2) is 0 Å². The molecule has 0 radical (unpaired) electrons. The molecular formula is C68H81Cl2SiZr. The van der Waals surface area contributed by atoms with Crippen LogP contribution in [-0.2, 0) is 37.2 Å². The zero-order chi connectivity index (χ0) is 51.5. The van der Waals surface area contributed by atoms with Crippen molar-refractivity contribution in [2.45, 2.75) is 164 Å². The first-order chi connectivity index (χ1) is 33.7. The fourth-order valence-corrected chi connectivity index (χ4v) is 43.6. The Hall–Kier alpha value is -3.52. The molecule has 2 saturated carbocycles. The number of allylic oxidation sites excluding steroid dienone is 2. The molecule has 4 aliphatic carbocycles. The van der Waals surface area contributed by atoms with Gasteiger partial charge in [0, 0.05) is 0 Å². The van der Waals surface area contributed by atoms with Crippen molar-refractivity contribution >= 4 is 35.1 Å². The van der Waals surface area contributed by atoms with Gasteiger partial charge in [0.15, 0.2) is 0 Å². The molecule has 72 heavy (non-hydrogen) atoms. The normalized spacial score (nSPS) is 18.9. The fourth-order valence-electron chi connectivity index (χ4n) is 12.5. The molecule has 0 spiro atoms. The van der Waals surface area contributed by atoms with Gasteiger partial charge in [0.1, 0.15) is 0 Å². The van der Waals surface area contributed by atoms with Crippen molar-refractivity contribution < 1.29 is 15.6 Å². The maximum absolute atomic E-state index is 9.58.